The van der Waals surface area contributed by atoms with E-state index in [-0.39, 0.29) is 0 Å². The van der Waals surface area contributed by atoms with Crippen molar-refractivity contribution in [1.82, 2.24) is 9.38 Å². The second kappa shape index (κ2) is 8.93. The number of ether oxygens (including phenoxy) is 2. The van der Waals surface area contributed by atoms with E-state index in [1.807, 2.05) is 48.5 Å². The molecule has 0 fully saturated rings. The van der Waals surface area contributed by atoms with Gasteiger partial charge in [0.15, 0.2) is 16.5 Å². The summed E-state index contributed by atoms with van der Waals surface area (Å²) in [5.41, 5.74) is 5.33. The zero-order valence-electron chi connectivity index (χ0n) is 18.4. The number of rotatable bonds is 5. The number of nitriles is 1. The van der Waals surface area contributed by atoms with E-state index < -0.39 is 0 Å². The van der Waals surface area contributed by atoms with Crippen molar-refractivity contribution in [3.8, 4) is 28.8 Å². The van der Waals surface area contributed by atoms with E-state index in [1.165, 1.54) is 17.0 Å². The quantitative estimate of drug-likeness (QED) is 0.302. The molecule has 0 bridgehead atoms. The Morgan fingerprint density at radius 3 is 2.58 bits per heavy atom. The Morgan fingerprint density at radius 1 is 1.09 bits per heavy atom. The fourth-order valence-corrected chi connectivity index (χ4v) is 5.67. The largest absolute Gasteiger partial charge is 0.493 e. The van der Waals surface area contributed by atoms with Gasteiger partial charge in [-0.05, 0) is 67.7 Å². The maximum absolute atomic E-state index is 10.1. The highest BCUT2D eigenvalue weighted by atomic mass is 35.5. The Bertz CT molecular complexity index is 1410. The first-order valence-corrected chi connectivity index (χ1v) is 12.0. The molecule has 1 aliphatic rings. The van der Waals surface area contributed by atoms with Crippen LogP contribution in [-0.4, -0.2) is 23.6 Å². The smallest absolute Gasteiger partial charge is 0.195 e. The first kappa shape index (κ1) is 21.6. The highest BCUT2D eigenvalue weighted by molar-refractivity contribution is 7.17. The minimum absolute atomic E-state index is 0.531. The summed E-state index contributed by atoms with van der Waals surface area (Å²) in [5.74, 6) is 1.21. The van der Waals surface area contributed by atoms with E-state index in [0.717, 1.165) is 46.7 Å². The molecular weight excluding hydrogens is 454 g/mol. The summed E-state index contributed by atoms with van der Waals surface area (Å²) in [6.07, 6.45) is 6.42. The van der Waals surface area contributed by atoms with Gasteiger partial charge in [0.1, 0.15) is 0 Å². The van der Waals surface area contributed by atoms with E-state index in [1.54, 1.807) is 25.6 Å². The number of aryl methyl sites for hydroxylation is 2. The first-order valence-electron chi connectivity index (χ1n) is 10.8. The number of nitrogens with zero attached hydrogens (tertiary/aromatic N) is 3. The molecule has 4 aromatic rings. The van der Waals surface area contributed by atoms with Crippen LogP contribution in [0.25, 0.3) is 27.9 Å². The van der Waals surface area contributed by atoms with Gasteiger partial charge in [-0.2, -0.15) is 5.26 Å². The molecule has 0 saturated heterocycles. The van der Waals surface area contributed by atoms with Crippen molar-refractivity contribution in [1.29, 1.82) is 5.26 Å². The second-order valence-electron chi connectivity index (χ2n) is 7.89. The lowest BCUT2D eigenvalue weighted by atomic mass is 10.0. The number of benzene rings is 2. The Labute approximate surface area is 201 Å². The van der Waals surface area contributed by atoms with Crippen LogP contribution >= 0.6 is 22.9 Å². The van der Waals surface area contributed by atoms with Crippen LogP contribution in [0.5, 0.6) is 11.5 Å². The van der Waals surface area contributed by atoms with Crippen molar-refractivity contribution in [3.63, 3.8) is 0 Å². The van der Waals surface area contributed by atoms with Gasteiger partial charge in [0.25, 0.3) is 0 Å². The molecule has 0 unspecified atom stereocenters. The SMILES string of the molecule is COc1ccc(C(C#N)=Cc2c(-c3ccc(Cl)cc3)nc3sc4c(n23)CCCC4)cc1OC. The second-order valence-corrected chi connectivity index (χ2v) is 9.39. The number of methoxy groups -OCH3 is 2. The number of aromatic nitrogens is 2. The normalized spacial score (nSPS) is 13.6. The summed E-state index contributed by atoms with van der Waals surface area (Å²) in [6.45, 7) is 0. The maximum atomic E-state index is 10.1. The van der Waals surface area contributed by atoms with Gasteiger partial charge >= 0.3 is 0 Å². The number of imidazole rings is 1. The minimum atomic E-state index is 0.531. The Balaban J connectivity index is 1.73. The summed E-state index contributed by atoms with van der Waals surface area (Å²) in [7, 11) is 3.19. The van der Waals surface area contributed by atoms with Crippen molar-refractivity contribution in [2.75, 3.05) is 14.2 Å². The summed E-state index contributed by atoms with van der Waals surface area (Å²) in [4.78, 5) is 7.35. The van der Waals surface area contributed by atoms with Gasteiger partial charge in [0, 0.05) is 21.2 Å². The third-order valence-corrected chi connectivity index (χ3v) is 7.36. The molecule has 0 aliphatic heterocycles. The number of hydrogen-bond donors (Lipinski definition) is 0. The molecule has 0 saturated carbocycles. The van der Waals surface area contributed by atoms with Crippen molar-refractivity contribution in [2.24, 2.45) is 0 Å². The first-order chi connectivity index (χ1) is 16.1. The van der Waals surface area contributed by atoms with Gasteiger partial charge in [-0.1, -0.05) is 23.7 Å². The van der Waals surface area contributed by atoms with E-state index in [4.69, 9.17) is 26.1 Å². The minimum Gasteiger partial charge on any atom is -0.493 e. The number of allylic oxidation sites excluding steroid dienone is 1. The van der Waals surface area contributed by atoms with Gasteiger partial charge in [-0.3, -0.25) is 4.40 Å². The van der Waals surface area contributed by atoms with Crippen LogP contribution in [0.4, 0.5) is 0 Å². The van der Waals surface area contributed by atoms with E-state index >= 15 is 0 Å². The molecule has 0 N–H and O–H groups in total. The topological polar surface area (TPSA) is 59.5 Å². The number of hydrogen-bond acceptors (Lipinski definition) is 5. The fraction of sp³-hybridized carbons (Fsp3) is 0.231. The van der Waals surface area contributed by atoms with Crippen molar-refractivity contribution in [3.05, 3.63) is 69.3 Å². The van der Waals surface area contributed by atoms with Crippen LogP contribution in [0.15, 0.2) is 42.5 Å². The molecule has 5 nitrogen and oxygen atoms in total. The third-order valence-electron chi connectivity index (χ3n) is 5.97. The Hall–Kier alpha value is -3.27. The molecule has 166 valence electrons. The predicted molar refractivity (Wildman–Crippen MR) is 133 cm³/mol. The molecule has 0 amide bonds. The molecule has 5 rings (SSSR count). The van der Waals surface area contributed by atoms with Crippen molar-refractivity contribution in [2.45, 2.75) is 25.7 Å². The number of thiazole rings is 1. The van der Waals surface area contributed by atoms with E-state index in [2.05, 4.69) is 10.5 Å². The molecule has 2 aromatic carbocycles. The summed E-state index contributed by atoms with van der Waals surface area (Å²) < 4.78 is 13.0. The summed E-state index contributed by atoms with van der Waals surface area (Å²) in [5, 5.41) is 10.8. The van der Waals surface area contributed by atoms with Crippen LogP contribution in [0.3, 0.4) is 0 Å². The lowest BCUT2D eigenvalue weighted by Crippen LogP contribution is -2.04. The van der Waals surface area contributed by atoms with Crippen molar-refractivity contribution >= 4 is 39.5 Å². The molecule has 0 radical (unpaired) electrons. The van der Waals surface area contributed by atoms with E-state index in [9.17, 15) is 5.26 Å². The average molecular weight is 476 g/mol. The predicted octanol–water partition coefficient (Wildman–Crippen LogP) is 6.68. The van der Waals surface area contributed by atoms with Crippen LogP contribution in [0.1, 0.15) is 34.7 Å². The molecule has 2 heterocycles. The molecule has 2 aromatic heterocycles. The van der Waals surface area contributed by atoms with Crippen LogP contribution < -0.4 is 9.47 Å². The van der Waals surface area contributed by atoms with Crippen LogP contribution in [-0.2, 0) is 12.8 Å². The van der Waals surface area contributed by atoms with Crippen LogP contribution in [0.2, 0.25) is 5.02 Å². The van der Waals surface area contributed by atoms with Gasteiger partial charge in [0.2, 0.25) is 0 Å². The average Bonchev–Trinajstić information content (AvgIpc) is 3.38. The highest BCUT2D eigenvalue weighted by Gasteiger charge is 2.23. The molecular formula is C26H22ClN3O2S. The zero-order valence-corrected chi connectivity index (χ0v) is 20.0. The summed E-state index contributed by atoms with van der Waals surface area (Å²) >= 11 is 7.88. The van der Waals surface area contributed by atoms with E-state index in [0.29, 0.717) is 22.1 Å². The molecule has 0 spiro atoms. The number of halogens is 1. The van der Waals surface area contributed by atoms with Gasteiger partial charge in [-0.25, -0.2) is 4.98 Å². The third kappa shape index (κ3) is 3.88. The maximum Gasteiger partial charge on any atom is 0.195 e. The van der Waals surface area contributed by atoms with Crippen LogP contribution in [0, 0.1) is 11.3 Å². The lowest BCUT2D eigenvalue weighted by molar-refractivity contribution is 0.355. The fourth-order valence-electron chi connectivity index (χ4n) is 4.33. The zero-order chi connectivity index (χ0) is 22.9. The summed E-state index contributed by atoms with van der Waals surface area (Å²) in [6, 6.07) is 15.6. The van der Waals surface area contributed by atoms with Crippen molar-refractivity contribution < 1.29 is 9.47 Å². The standard InChI is InChI=1S/C26H22ClN3O2S/c1-31-22-12-9-17(14-23(22)32-2)18(15-28)13-21-25(16-7-10-19(27)11-8-16)29-26-30(21)20-5-3-4-6-24(20)33-26/h7-14H,3-6H2,1-2H3. The van der Waals surface area contributed by atoms with Gasteiger partial charge in [-0.15, -0.1) is 11.3 Å². The highest BCUT2D eigenvalue weighted by Crippen LogP contribution is 2.37. The Kier molecular flexibility index (Phi) is 5.84. The Morgan fingerprint density at radius 2 is 1.85 bits per heavy atom. The molecule has 33 heavy (non-hydrogen) atoms. The molecule has 1 aliphatic carbocycles. The molecule has 7 heteroatoms. The van der Waals surface area contributed by atoms with Gasteiger partial charge < -0.3 is 9.47 Å². The molecule has 0 atom stereocenters. The number of fused-ring (bicyclic) bond motifs is 3. The van der Waals surface area contributed by atoms with Gasteiger partial charge in [0.05, 0.1) is 37.2 Å². The monoisotopic (exact) mass is 475 g/mol. The lowest BCUT2D eigenvalue weighted by Gasteiger charge is -2.12.